The first-order chi connectivity index (χ1) is 8.69. The van der Waals surface area contributed by atoms with Crippen molar-refractivity contribution in [2.75, 3.05) is 12.4 Å². The summed E-state index contributed by atoms with van der Waals surface area (Å²) in [6.07, 6.45) is 7.23. The molecule has 96 valence electrons. The molecule has 0 radical (unpaired) electrons. The zero-order valence-corrected chi connectivity index (χ0v) is 12.3. The van der Waals surface area contributed by atoms with Crippen molar-refractivity contribution in [1.29, 1.82) is 0 Å². The van der Waals surface area contributed by atoms with Crippen LogP contribution in [0.25, 0.3) is 0 Å². The number of methoxy groups -OCH3 is 1. The molecule has 0 amide bonds. The summed E-state index contributed by atoms with van der Waals surface area (Å²) < 4.78 is 6.54. The highest BCUT2D eigenvalue weighted by Crippen LogP contribution is 2.45. The van der Waals surface area contributed by atoms with Gasteiger partial charge in [0.1, 0.15) is 5.75 Å². The minimum Gasteiger partial charge on any atom is -0.495 e. The van der Waals surface area contributed by atoms with Crippen molar-refractivity contribution in [1.82, 2.24) is 0 Å². The number of hydrogen-bond donors (Lipinski definition) is 1. The van der Waals surface area contributed by atoms with E-state index in [0.717, 1.165) is 27.7 Å². The molecule has 3 heteroatoms. The molecule has 3 atom stereocenters. The van der Waals surface area contributed by atoms with E-state index in [-0.39, 0.29) is 0 Å². The van der Waals surface area contributed by atoms with Crippen LogP contribution in [0.3, 0.4) is 0 Å². The summed E-state index contributed by atoms with van der Waals surface area (Å²) in [5.74, 6) is 2.52. The topological polar surface area (TPSA) is 21.3 Å². The van der Waals surface area contributed by atoms with Crippen LogP contribution >= 0.6 is 15.9 Å². The highest BCUT2D eigenvalue weighted by atomic mass is 79.9. The van der Waals surface area contributed by atoms with Gasteiger partial charge in [-0.1, -0.05) is 28.1 Å². The van der Waals surface area contributed by atoms with E-state index in [1.807, 2.05) is 6.07 Å². The third-order valence-electron chi connectivity index (χ3n) is 4.18. The van der Waals surface area contributed by atoms with Crippen LogP contribution in [-0.4, -0.2) is 13.2 Å². The predicted molar refractivity (Wildman–Crippen MR) is 78.2 cm³/mol. The lowest BCUT2D eigenvalue weighted by Gasteiger charge is -2.41. The van der Waals surface area contributed by atoms with E-state index >= 15 is 0 Å². The second-order valence-electron chi connectivity index (χ2n) is 5.29. The maximum Gasteiger partial charge on any atom is 0.143 e. The number of halogens is 1. The van der Waals surface area contributed by atoms with Crippen LogP contribution < -0.4 is 10.1 Å². The SMILES string of the molecule is COc1cc(Br)cc(C)c1NC1CC2CC=CC21. The van der Waals surface area contributed by atoms with Gasteiger partial charge in [0, 0.05) is 16.4 Å². The summed E-state index contributed by atoms with van der Waals surface area (Å²) in [6.45, 7) is 2.12. The highest BCUT2D eigenvalue weighted by molar-refractivity contribution is 9.10. The minimum absolute atomic E-state index is 0.572. The summed E-state index contributed by atoms with van der Waals surface area (Å²) >= 11 is 3.51. The van der Waals surface area contributed by atoms with Gasteiger partial charge >= 0.3 is 0 Å². The first kappa shape index (κ1) is 12.1. The van der Waals surface area contributed by atoms with Gasteiger partial charge in [0.2, 0.25) is 0 Å². The molecular formula is C15H18BrNO. The van der Waals surface area contributed by atoms with E-state index in [1.165, 1.54) is 18.4 Å². The van der Waals surface area contributed by atoms with Crippen molar-refractivity contribution in [3.05, 3.63) is 34.3 Å². The van der Waals surface area contributed by atoms with E-state index < -0.39 is 0 Å². The first-order valence-corrected chi connectivity index (χ1v) is 7.25. The number of fused-ring (bicyclic) bond motifs is 1. The quantitative estimate of drug-likeness (QED) is 0.847. The fraction of sp³-hybridized carbons (Fsp3) is 0.467. The minimum atomic E-state index is 0.572. The van der Waals surface area contributed by atoms with Gasteiger partial charge in [0.25, 0.3) is 0 Å². The molecule has 3 rings (SSSR count). The number of nitrogens with one attached hydrogen (secondary N) is 1. The van der Waals surface area contributed by atoms with Crippen molar-refractivity contribution in [3.63, 3.8) is 0 Å². The molecular weight excluding hydrogens is 290 g/mol. The molecule has 1 N–H and O–H groups in total. The Hall–Kier alpha value is -0.960. The average molecular weight is 308 g/mol. The van der Waals surface area contributed by atoms with Crippen molar-refractivity contribution in [3.8, 4) is 5.75 Å². The number of anilines is 1. The molecule has 0 aliphatic heterocycles. The number of allylic oxidation sites excluding steroid dienone is 1. The van der Waals surface area contributed by atoms with Gasteiger partial charge in [-0.05, 0) is 43.4 Å². The molecule has 2 aliphatic carbocycles. The Morgan fingerprint density at radius 3 is 2.94 bits per heavy atom. The Morgan fingerprint density at radius 1 is 1.39 bits per heavy atom. The number of hydrogen-bond acceptors (Lipinski definition) is 2. The predicted octanol–water partition coefficient (Wildman–Crippen LogP) is 4.14. The number of ether oxygens (including phenoxy) is 1. The molecule has 1 aromatic carbocycles. The Balaban J connectivity index is 1.82. The molecule has 18 heavy (non-hydrogen) atoms. The van der Waals surface area contributed by atoms with Gasteiger partial charge < -0.3 is 10.1 Å². The Morgan fingerprint density at radius 2 is 2.22 bits per heavy atom. The largest absolute Gasteiger partial charge is 0.495 e. The van der Waals surface area contributed by atoms with Crippen LogP contribution in [0.1, 0.15) is 18.4 Å². The molecule has 2 nitrogen and oxygen atoms in total. The fourth-order valence-corrected chi connectivity index (χ4v) is 3.68. The second-order valence-corrected chi connectivity index (χ2v) is 6.20. The zero-order chi connectivity index (χ0) is 12.7. The Labute approximate surface area is 117 Å². The number of rotatable bonds is 3. The smallest absolute Gasteiger partial charge is 0.143 e. The van der Waals surface area contributed by atoms with Crippen LogP contribution in [0, 0.1) is 18.8 Å². The highest BCUT2D eigenvalue weighted by Gasteiger charge is 2.41. The normalized spacial score (nSPS) is 28.7. The van der Waals surface area contributed by atoms with Crippen LogP contribution in [0.2, 0.25) is 0 Å². The van der Waals surface area contributed by atoms with Gasteiger partial charge in [0.15, 0.2) is 0 Å². The van der Waals surface area contributed by atoms with Gasteiger partial charge in [-0.15, -0.1) is 0 Å². The van der Waals surface area contributed by atoms with Crippen molar-refractivity contribution >= 4 is 21.6 Å². The molecule has 1 aromatic rings. The van der Waals surface area contributed by atoms with E-state index in [2.05, 4.69) is 46.4 Å². The maximum absolute atomic E-state index is 5.48. The summed E-state index contributed by atoms with van der Waals surface area (Å²) in [7, 11) is 1.73. The summed E-state index contributed by atoms with van der Waals surface area (Å²) in [4.78, 5) is 0. The third-order valence-corrected chi connectivity index (χ3v) is 4.63. The molecule has 0 aromatic heterocycles. The third kappa shape index (κ3) is 1.95. The van der Waals surface area contributed by atoms with Crippen molar-refractivity contribution in [2.45, 2.75) is 25.8 Å². The Kier molecular flexibility index (Phi) is 3.10. The standard InChI is InChI=1S/C15H18BrNO/c1-9-6-11(16)8-14(18-2)15(9)17-13-7-10-4-3-5-12(10)13/h3,5-6,8,10,12-13,17H,4,7H2,1-2H3. The molecule has 0 spiro atoms. The van der Waals surface area contributed by atoms with Gasteiger partial charge in [-0.3, -0.25) is 0 Å². The van der Waals surface area contributed by atoms with Gasteiger partial charge in [0.05, 0.1) is 12.8 Å². The van der Waals surface area contributed by atoms with Crippen LogP contribution in [0.5, 0.6) is 5.75 Å². The summed E-state index contributed by atoms with van der Waals surface area (Å²) in [5, 5.41) is 3.67. The molecule has 1 fully saturated rings. The molecule has 3 unspecified atom stereocenters. The number of aryl methyl sites for hydroxylation is 1. The van der Waals surface area contributed by atoms with E-state index in [4.69, 9.17) is 4.74 Å². The van der Waals surface area contributed by atoms with E-state index in [1.54, 1.807) is 7.11 Å². The first-order valence-electron chi connectivity index (χ1n) is 6.46. The van der Waals surface area contributed by atoms with Gasteiger partial charge in [-0.2, -0.15) is 0 Å². The summed E-state index contributed by atoms with van der Waals surface area (Å²) in [6, 6.07) is 4.73. The lowest BCUT2D eigenvalue weighted by atomic mass is 9.71. The van der Waals surface area contributed by atoms with Gasteiger partial charge in [-0.25, -0.2) is 0 Å². The second kappa shape index (κ2) is 4.61. The molecule has 0 heterocycles. The lowest BCUT2D eigenvalue weighted by Crippen LogP contribution is -2.43. The molecule has 0 bridgehead atoms. The lowest BCUT2D eigenvalue weighted by molar-refractivity contribution is 0.217. The van der Waals surface area contributed by atoms with E-state index in [9.17, 15) is 0 Å². The monoisotopic (exact) mass is 307 g/mol. The number of benzene rings is 1. The van der Waals surface area contributed by atoms with Crippen LogP contribution in [-0.2, 0) is 0 Å². The zero-order valence-electron chi connectivity index (χ0n) is 10.7. The summed E-state index contributed by atoms with van der Waals surface area (Å²) in [5.41, 5.74) is 2.37. The fourth-order valence-electron chi connectivity index (χ4n) is 3.13. The molecule has 2 aliphatic rings. The van der Waals surface area contributed by atoms with Crippen molar-refractivity contribution in [2.24, 2.45) is 11.8 Å². The van der Waals surface area contributed by atoms with Crippen LogP contribution in [0.15, 0.2) is 28.8 Å². The Bertz CT molecular complexity index is 498. The average Bonchev–Trinajstić information content (AvgIpc) is 2.68. The molecule has 1 saturated carbocycles. The molecule has 0 saturated heterocycles. The van der Waals surface area contributed by atoms with Crippen LogP contribution in [0.4, 0.5) is 5.69 Å². The maximum atomic E-state index is 5.48. The van der Waals surface area contributed by atoms with Crippen molar-refractivity contribution < 1.29 is 4.74 Å². The van der Waals surface area contributed by atoms with E-state index in [0.29, 0.717) is 6.04 Å².